The van der Waals surface area contributed by atoms with Crippen molar-refractivity contribution in [2.75, 3.05) is 7.11 Å². The summed E-state index contributed by atoms with van der Waals surface area (Å²) in [4.78, 5) is 15.5. The molecule has 0 bridgehead atoms. The van der Waals surface area contributed by atoms with Crippen LogP contribution in [0.15, 0.2) is 42.7 Å². The number of aromatic amines is 1. The molecule has 2 heterocycles. The summed E-state index contributed by atoms with van der Waals surface area (Å²) in [6, 6.07) is 9.18. The third-order valence-electron chi connectivity index (χ3n) is 2.80. The molecule has 0 unspecified atom stereocenters. The van der Waals surface area contributed by atoms with Gasteiger partial charge >= 0.3 is 5.97 Å². The van der Waals surface area contributed by atoms with Crippen LogP contribution < -0.4 is 0 Å². The van der Waals surface area contributed by atoms with Crippen LogP contribution >= 0.6 is 0 Å². The van der Waals surface area contributed by atoms with Crippen molar-refractivity contribution in [1.82, 2.24) is 14.6 Å². The lowest BCUT2D eigenvalue weighted by molar-refractivity contribution is 0.0601. The van der Waals surface area contributed by atoms with Crippen LogP contribution in [0.5, 0.6) is 0 Å². The Morgan fingerprint density at radius 1 is 1.33 bits per heavy atom. The highest BCUT2D eigenvalue weighted by atomic mass is 16.5. The SMILES string of the molecule is COC(=O)c1ccc(-c2cc3nccn3[nH]2)cc1. The molecule has 0 fully saturated rings. The number of hydrogen-bond acceptors (Lipinski definition) is 3. The molecular weight excluding hydrogens is 230 g/mol. The second-order valence-electron chi connectivity index (χ2n) is 3.89. The molecular formula is C13H11N3O2. The normalized spacial score (nSPS) is 10.7. The predicted molar refractivity (Wildman–Crippen MR) is 66.3 cm³/mol. The van der Waals surface area contributed by atoms with Gasteiger partial charge in [0.2, 0.25) is 0 Å². The van der Waals surface area contributed by atoms with E-state index in [1.165, 1.54) is 7.11 Å². The highest BCUT2D eigenvalue weighted by Gasteiger charge is 2.07. The molecule has 0 amide bonds. The predicted octanol–water partition coefficient (Wildman–Crippen LogP) is 2.12. The molecule has 2 aromatic heterocycles. The van der Waals surface area contributed by atoms with Gasteiger partial charge in [-0.1, -0.05) is 12.1 Å². The number of imidazole rings is 1. The topological polar surface area (TPSA) is 59.4 Å². The average molecular weight is 241 g/mol. The smallest absolute Gasteiger partial charge is 0.337 e. The summed E-state index contributed by atoms with van der Waals surface area (Å²) in [6.45, 7) is 0. The largest absolute Gasteiger partial charge is 0.465 e. The van der Waals surface area contributed by atoms with E-state index in [1.807, 2.05) is 28.9 Å². The number of benzene rings is 1. The van der Waals surface area contributed by atoms with E-state index in [0.29, 0.717) is 5.56 Å². The van der Waals surface area contributed by atoms with E-state index in [4.69, 9.17) is 0 Å². The van der Waals surface area contributed by atoms with Gasteiger partial charge in [-0.3, -0.25) is 5.10 Å². The molecule has 0 spiro atoms. The molecule has 5 heteroatoms. The van der Waals surface area contributed by atoms with Crippen molar-refractivity contribution < 1.29 is 9.53 Å². The molecule has 1 aromatic carbocycles. The molecule has 0 saturated carbocycles. The van der Waals surface area contributed by atoms with Gasteiger partial charge in [0.25, 0.3) is 0 Å². The first-order valence-corrected chi connectivity index (χ1v) is 5.49. The van der Waals surface area contributed by atoms with Gasteiger partial charge in [-0.15, -0.1) is 0 Å². The Labute approximate surface area is 103 Å². The van der Waals surface area contributed by atoms with Crippen molar-refractivity contribution >= 4 is 11.6 Å². The van der Waals surface area contributed by atoms with Gasteiger partial charge in [-0.05, 0) is 17.7 Å². The maximum atomic E-state index is 11.3. The molecule has 0 aliphatic carbocycles. The summed E-state index contributed by atoms with van der Waals surface area (Å²) in [5, 5.41) is 3.19. The van der Waals surface area contributed by atoms with Gasteiger partial charge in [0, 0.05) is 18.5 Å². The van der Waals surface area contributed by atoms with E-state index >= 15 is 0 Å². The first kappa shape index (κ1) is 10.6. The molecule has 5 nitrogen and oxygen atoms in total. The van der Waals surface area contributed by atoms with Gasteiger partial charge in [0.15, 0.2) is 5.65 Å². The molecule has 90 valence electrons. The number of aromatic nitrogens is 3. The molecule has 0 atom stereocenters. The van der Waals surface area contributed by atoms with Crippen molar-refractivity contribution in [3.05, 3.63) is 48.3 Å². The minimum absolute atomic E-state index is 0.331. The summed E-state index contributed by atoms with van der Waals surface area (Å²) in [5.41, 5.74) is 3.35. The van der Waals surface area contributed by atoms with Crippen LogP contribution in [0, 0.1) is 0 Å². The second kappa shape index (κ2) is 4.03. The van der Waals surface area contributed by atoms with Gasteiger partial charge in [0.1, 0.15) is 0 Å². The average Bonchev–Trinajstić information content (AvgIpc) is 2.99. The standard InChI is InChI=1S/C13H11N3O2/c1-18-13(17)10-4-2-9(3-5-10)11-8-12-14-6-7-16(12)15-11/h2-8,15H,1H3. The quantitative estimate of drug-likeness (QED) is 0.699. The van der Waals surface area contributed by atoms with Crippen molar-refractivity contribution in [3.63, 3.8) is 0 Å². The number of H-pyrrole nitrogens is 1. The summed E-state index contributed by atoms with van der Waals surface area (Å²) in [5.74, 6) is -0.331. The second-order valence-corrected chi connectivity index (χ2v) is 3.89. The van der Waals surface area contributed by atoms with Crippen LogP contribution in [-0.4, -0.2) is 27.7 Å². The highest BCUT2D eigenvalue weighted by molar-refractivity contribution is 5.89. The summed E-state index contributed by atoms with van der Waals surface area (Å²) < 4.78 is 6.49. The number of ether oxygens (including phenoxy) is 1. The number of rotatable bonds is 2. The maximum Gasteiger partial charge on any atom is 0.337 e. The van der Waals surface area contributed by atoms with Crippen molar-refractivity contribution in [2.24, 2.45) is 0 Å². The fraction of sp³-hybridized carbons (Fsp3) is 0.0769. The lowest BCUT2D eigenvalue weighted by Gasteiger charge is -2.00. The van der Waals surface area contributed by atoms with Crippen molar-refractivity contribution in [3.8, 4) is 11.3 Å². The van der Waals surface area contributed by atoms with Gasteiger partial charge in [-0.25, -0.2) is 14.3 Å². The lowest BCUT2D eigenvalue weighted by Crippen LogP contribution is -2.00. The molecule has 0 saturated heterocycles. The van der Waals surface area contributed by atoms with Gasteiger partial charge < -0.3 is 4.74 Å². The first-order valence-electron chi connectivity index (χ1n) is 5.49. The van der Waals surface area contributed by atoms with Crippen LogP contribution in [-0.2, 0) is 4.74 Å². The van der Waals surface area contributed by atoms with E-state index in [0.717, 1.165) is 16.9 Å². The van der Waals surface area contributed by atoms with Gasteiger partial charge in [0.05, 0.1) is 18.4 Å². The van der Waals surface area contributed by atoms with Crippen LogP contribution in [0.2, 0.25) is 0 Å². The Kier molecular flexibility index (Phi) is 2.37. The first-order chi connectivity index (χ1) is 8.78. The number of esters is 1. The third-order valence-corrected chi connectivity index (χ3v) is 2.80. The maximum absolute atomic E-state index is 11.3. The van der Waals surface area contributed by atoms with E-state index in [-0.39, 0.29) is 5.97 Å². The number of fused-ring (bicyclic) bond motifs is 1. The zero-order valence-corrected chi connectivity index (χ0v) is 9.75. The van der Waals surface area contributed by atoms with Crippen LogP contribution in [0.1, 0.15) is 10.4 Å². The summed E-state index contributed by atoms with van der Waals surface area (Å²) in [6.07, 6.45) is 3.58. The molecule has 3 aromatic rings. The van der Waals surface area contributed by atoms with Crippen LogP contribution in [0.3, 0.4) is 0 Å². The fourth-order valence-corrected chi connectivity index (χ4v) is 1.86. The molecule has 3 rings (SSSR count). The number of nitrogens with zero attached hydrogens (tertiary/aromatic N) is 2. The zero-order chi connectivity index (χ0) is 12.5. The minimum atomic E-state index is -0.331. The number of nitrogens with one attached hydrogen (secondary N) is 1. The Bertz CT molecular complexity index is 666. The van der Waals surface area contributed by atoms with E-state index < -0.39 is 0 Å². The zero-order valence-electron chi connectivity index (χ0n) is 9.75. The third kappa shape index (κ3) is 1.66. The van der Waals surface area contributed by atoms with Crippen molar-refractivity contribution in [2.45, 2.75) is 0 Å². The minimum Gasteiger partial charge on any atom is -0.465 e. The Morgan fingerprint density at radius 2 is 2.11 bits per heavy atom. The fourth-order valence-electron chi connectivity index (χ4n) is 1.86. The van der Waals surface area contributed by atoms with Gasteiger partial charge in [-0.2, -0.15) is 0 Å². The number of carbonyl (C=O) groups is 1. The van der Waals surface area contributed by atoms with E-state index in [9.17, 15) is 4.79 Å². The summed E-state index contributed by atoms with van der Waals surface area (Å²) >= 11 is 0. The van der Waals surface area contributed by atoms with E-state index in [1.54, 1.807) is 18.3 Å². The molecule has 18 heavy (non-hydrogen) atoms. The molecule has 0 aliphatic heterocycles. The van der Waals surface area contributed by atoms with Crippen LogP contribution in [0.4, 0.5) is 0 Å². The van der Waals surface area contributed by atoms with Crippen molar-refractivity contribution in [1.29, 1.82) is 0 Å². The lowest BCUT2D eigenvalue weighted by atomic mass is 10.1. The Balaban J connectivity index is 1.97. The number of hydrogen-bond donors (Lipinski definition) is 1. The highest BCUT2D eigenvalue weighted by Crippen LogP contribution is 2.19. The number of methoxy groups -OCH3 is 1. The summed E-state index contributed by atoms with van der Waals surface area (Å²) in [7, 11) is 1.37. The number of carbonyl (C=O) groups excluding carboxylic acids is 1. The molecule has 1 N–H and O–H groups in total. The van der Waals surface area contributed by atoms with E-state index in [2.05, 4.69) is 14.8 Å². The molecule has 0 radical (unpaired) electrons. The Hall–Kier alpha value is -2.56. The Morgan fingerprint density at radius 3 is 2.78 bits per heavy atom. The monoisotopic (exact) mass is 241 g/mol. The molecule has 0 aliphatic rings. The van der Waals surface area contributed by atoms with Crippen LogP contribution in [0.25, 0.3) is 16.9 Å².